The van der Waals surface area contributed by atoms with E-state index in [4.69, 9.17) is 27.9 Å². The molecule has 0 radical (unpaired) electrons. The highest BCUT2D eigenvalue weighted by atomic mass is 35.5. The molecule has 0 atom stereocenters. The molecule has 1 aromatic heterocycles. The van der Waals surface area contributed by atoms with Crippen LogP contribution in [0, 0.1) is 0 Å². The topological polar surface area (TPSA) is 78.0 Å². The van der Waals surface area contributed by atoms with Crippen LogP contribution in [0.3, 0.4) is 0 Å². The van der Waals surface area contributed by atoms with Gasteiger partial charge in [-0.25, -0.2) is 4.98 Å². The Morgan fingerprint density at radius 1 is 1.06 bits per heavy atom. The third-order valence-corrected chi connectivity index (χ3v) is 6.58. The van der Waals surface area contributed by atoms with E-state index in [1.807, 2.05) is 4.90 Å². The minimum absolute atomic E-state index is 0.106. The molecule has 31 heavy (non-hydrogen) atoms. The molecule has 0 bridgehead atoms. The van der Waals surface area contributed by atoms with E-state index in [0.29, 0.717) is 85.6 Å². The van der Waals surface area contributed by atoms with Crippen molar-refractivity contribution in [2.45, 2.75) is 0 Å². The minimum atomic E-state index is -0.106. The second kappa shape index (κ2) is 10.1. The lowest BCUT2D eigenvalue weighted by atomic mass is 10.2. The van der Waals surface area contributed by atoms with Gasteiger partial charge in [0.2, 0.25) is 5.91 Å². The standard InChI is InChI=1S/C20H23Cl2N5O3S/c21-14-1-2-16(15(22)11-14)23-20-24-17(13-31-20)19(29)27-5-3-25(4-6-27)12-18(28)26-7-9-30-10-8-26/h1-2,11,13H,3-10,12H2,(H,23,24). The molecule has 1 N–H and O–H groups in total. The molecule has 2 fully saturated rings. The fourth-order valence-electron chi connectivity index (χ4n) is 3.51. The van der Waals surface area contributed by atoms with E-state index in [9.17, 15) is 9.59 Å². The van der Waals surface area contributed by atoms with Gasteiger partial charge >= 0.3 is 0 Å². The number of benzene rings is 1. The summed E-state index contributed by atoms with van der Waals surface area (Å²) in [7, 11) is 0. The summed E-state index contributed by atoms with van der Waals surface area (Å²) in [5.74, 6) is 0.0183. The van der Waals surface area contributed by atoms with Gasteiger partial charge in [-0.2, -0.15) is 0 Å². The Bertz CT molecular complexity index is 943. The molecule has 0 saturated carbocycles. The summed E-state index contributed by atoms with van der Waals surface area (Å²) in [5.41, 5.74) is 1.08. The minimum Gasteiger partial charge on any atom is -0.378 e. The molecule has 0 spiro atoms. The van der Waals surface area contributed by atoms with Crippen LogP contribution in [-0.2, 0) is 9.53 Å². The zero-order valence-electron chi connectivity index (χ0n) is 16.9. The molecule has 0 aliphatic carbocycles. The Balaban J connectivity index is 1.28. The number of hydrogen-bond donors (Lipinski definition) is 1. The second-order valence-electron chi connectivity index (χ2n) is 7.35. The van der Waals surface area contributed by atoms with E-state index in [2.05, 4.69) is 15.2 Å². The van der Waals surface area contributed by atoms with Gasteiger partial charge in [0.1, 0.15) is 5.69 Å². The first-order valence-corrected chi connectivity index (χ1v) is 11.7. The average Bonchev–Trinajstić information content (AvgIpc) is 3.25. The first-order valence-electron chi connectivity index (χ1n) is 10.0. The Morgan fingerprint density at radius 3 is 2.52 bits per heavy atom. The van der Waals surface area contributed by atoms with Crippen LogP contribution in [-0.4, -0.2) is 90.5 Å². The van der Waals surface area contributed by atoms with Crippen LogP contribution in [0.2, 0.25) is 10.0 Å². The summed E-state index contributed by atoms with van der Waals surface area (Å²) in [6, 6.07) is 5.15. The number of amides is 2. The van der Waals surface area contributed by atoms with Crippen LogP contribution in [0.1, 0.15) is 10.5 Å². The van der Waals surface area contributed by atoms with E-state index < -0.39 is 0 Å². The molecular weight excluding hydrogens is 461 g/mol. The molecule has 0 unspecified atom stereocenters. The number of rotatable bonds is 5. The van der Waals surface area contributed by atoms with Crippen molar-refractivity contribution in [3.05, 3.63) is 39.3 Å². The van der Waals surface area contributed by atoms with E-state index in [1.165, 1.54) is 11.3 Å². The molecule has 4 rings (SSSR count). The first-order chi connectivity index (χ1) is 15.0. The Morgan fingerprint density at radius 2 is 1.81 bits per heavy atom. The van der Waals surface area contributed by atoms with Gasteiger partial charge < -0.3 is 19.9 Å². The number of nitrogens with zero attached hydrogens (tertiary/aromatic N) is 4. The quantitative estimate of drug-likeness (QED) is 0.704. The predicted molar refractivity (Wildman–Crippen MR) is 122 cm³/mol. The van der Waals surface area contributed by atoms with E-state index in [-0.39, 0.29) is 11.8 Å². The molecular formula is C20H23Cl2N5O3S. The lowest BCUT2D eigenvalue weighted by Gasteiger charge is -2.35. The maximum atomic E-state index is 12.8. The summed E-state index contributed by atoms with van der Waals surface area (Å²) in [6.07, 6.45) is 0. The van der Waals surface area contributed by atoms with Crippen LogP contribution in [0.5, 0.6) is 0 Å². The van der Waals surface area contributed by atoms with Crippen molar-refractivity contribution >= 4 is 57.2 Å². The highest BCUT2D eigenvalue weighted by Gasteiger charge is 2.26. The van der Waals surface area contributed by atoms with Crippen LogP contribution >= 0.6 is 34.5 Å². The molecule has 2 amide bonds. The molecule has 2 saturated heterocycles. The average molecular weight is 484 g/mol. The van der Waals surface area contributed by atoms with Gasteiger partial charge in [0.25, 0.3) is 5.91 Å². The van der Waals surface area contributed by atoms with Gasteiger partial charge in [-0.1, -0.05) is 23.2 Å². The Hall–Kier alpha value is -1.91. The molecule has 1 aromatic carbocycles. The maximum absolute atomic E-state index is 12.8. The first kappa shape index (κ1) is 22.3. The number of carbonyl (C=O) groups excluding carboxylic acids is 2. The third-order valence-electron chi connectivity index (χ3n) is 5.28. The van der Waals surface area contributed by atoms with Gasteiger partial charge in [-0.05, 0) is 18.2 Å². The maximum Gasteiger partial charge on any atom is 0.273 e. The van der Waals surface area contributed by atoms with Crippen LogP contribution in [0.4, 0.5) is 10.8 Å². The lowest BCUT2D eigenvalue weighted by molar-refractivity contribution is -0.136. The molecule has 3 heterocycles. The summed E-state index contributed by atoms with van der Waals surface area (Å²) in [6.45, 7) is 5.35. The number of aromatic nitrogens is 1. The summed E-state index contributed by atoms with van der Waals surface area (Å²) < 4.78 is 5.29. The zero-order valence-corrected chi connectivity index (χ0v) is 19.2. The largest absolute Gasteiger partial charge is 0.378 e. The number of morpholine rings is 1. The molecule has 11 heteroatoms. The Kier molecular flexibility index (Phi) is 7.29. The number of anilines is 2. The number of carbonyl (C=O) groups is 2. The predicted octanol–water partition coefficient (Wildman–Crippen LogP) is 2.81. The Labute approximate surface area is 194 Å². The SMILES string of the molecule is O=C(CN1CCN(C(=O)c2csc(Nc3ccc(Cl)cc3Cl)n2)CC1)N1CCOCC1. The summed E-state index contributed by atoms with van der Waals surface area (Å²) in [4.78, 5) is 35.4. The molecule has 166 valence electrons. The van der Waals surface area contributed by atoms with Crippen molar-refractivity contribution < 1.29 is 14.3 Å². The van der Waals surface area contributed by atoms with Crippen molar-refractivity contribution in [1.29, 1.82) is 0 Å². The zero-order chi connectivity index (χ0) is 21.8. The fourth-order valence-corrected chi connectivity index (χ4v) is 4.66. The summed E-state index contributed by atoms with van der Waals surface area (Å²) >= 11 is 13.5. The van der Waals surface area contributed by atoms with E-state index in [1.54, 1.807) is 28.5 Å². The number of thiazole rings is 1. The number of halogens is 2. The van der Waals surface area contributed by atoms with Crippen molar-refractivity contribution in [2.24, 2.45) is 0 Å². The van der Waals surface area contributed by atoms with Crippen molar-refractivity contribution in [1.82, 2.24) is 19.7 Å². The smallest absolute Gasteiger partial charge is 0.273 e. The molecule has 8 nitrogen and oxygen atoms in total. The third kappa shape index (κ3) is 5.67. The molecule has 2 aromatic rings. The molecule has 2 aliphatic rings. The molecule has 2 aliphatic heterocycles. The van der Waals surface area contributed by atoms with Crippen molar-refractivity contribution in [2.75, 3.05) is 64.3 Å². The number of hydrogen-bond acceptors (Lipinski definition) is 7. The number of nitrogens with one attached hydrogen (secondary N) is 1. The van der Waals surface area contributed by atoms with E-state index >= 15 is 0 Å². The number of piperazine rings is 1. The van der Waals surface area contributed by atoms with Crippen molar-refractivity contribution in [3.63, 3.8) is 0 Å². The van der Waals surface area contributed by atoms with Crippen LogP contribution < -0.4 is 5.32 Å². The van der Waals surface area contributed by atoms with Gasteiger partial charge in [0.15, 0.2) is 5.13 Å². The highest BCUT2D eigenvalue weighted by Crippen LogP contribution is 2.29. The monoisotopic (exact) mass is 483 g/mol. The highest BCUT2D eigenvalue weighted by molar-refractivity contribution is 7.14. The van der Waals surface area contributed by atoms with Gasteiger partial charge in [-0.15, -0.1) is 11.3 Å². The van der Waals surface area contributed by atoms with Gasteiger partial charge in [0.05, 0.1) is 30.5 Å². The van der Waals surface area contributed by atoms with Gasteiger partial charge in [0, 0.05) is 49.7 Å². The van der Waals surface area contributed by atoms with Crippen LogP contribution in [0.25, 0.3) is 0 Å². The normalized spacial score (nSPS) is 17.6. The lowest BCUT2D eigenvalue weighted by Crippen LogP contribution is -2.52. The van der Waals surface area contributed by atoms with Crippen molar-refractivity contribution in [3.8, 4) is 0 Å². The number of ether oxygens (including phenoxy) is 1. The second-order valence-corrected chi connectivity index (χ2v) is 9.05. The van der Waals surface area contributed by atoms with E-state index in [0.717, 1.165) is 0 Å². The van der Waals surface area contributed by atoms with Crippen LogP contribution in [0.15, 0.2) is 23.6 Å². The summed E-state index contributed by atoms with van der Waals surface area (Å²) in [5, 5.41) is 6.49. The fraction of sp³-hybridized carbons (Fsp3) is 0.450. The van der Waals surface area contributed by atoms with Gasteiger partial charge in [-0.3, -0.25) is 14.5 Å².